The van der Waals surface area contributed by atoms with E-state index in [4.69, 9.17) is 5.73 Å². The van der Waals surface area contributed by atoms with Crippen molar-refractivity contribution in [1.82, 2.24) is 9.88 Å². The van der Waals surface area contributed by atoms with Crippen molar-refractivity contribution >= 4 is 0 Å². The molecule has 0 bridgehead atoms. The fourth-order valence-corrected chi connectivity index (χ4v) is 2.25. The molecule has 0 saturated carbocycles. The summed E-state index contributed by atoms with van der Waals surface area (Å²) in [5.74, 6) is 0. The number of likely N-dealkylation sites (tertiary alicyclic amines) is 1. The molecule has 0 amide bonds. The SMILES string of the molecule is CCN1CCC(N)C1c1cccnc1. The summed E-state index contributed by atoms with van der Waals surface area (Å²) in [5, 5.41) is 0. The van der Waals surface area contributed by atoms with E-state index in [1.165, 1.54) is 5.56 Å². The van der Waals surface area contributed by atoms with Crippen LogP contribution < -0.4 is 5.73 Å². The largest absolute Gasteiger partial charge is 0.326 e. The van der Waals surface area contributed by atoms with Gasteiger partial charge in [0.25, 0.3) is 0 Å². The minimum absolute atomic E-state index is 0.263. The van der Waals surface area contributed by atoms with Crippen LogP contribution in [-0.2, 0) is 0 Å². The summed E-state index contributed by atoms with van der Waals surface area (Å²) in [6.45, 7) is 4.35. The Labute approximate surface area is 84.9 Å². The lowest BCUT2D eigenvalue weighted by molar-refractivity contribution is 0.260. The van der Waals surface area contributed by atoms with Crippen LogP contribution in [0, 0.1) is 0 Å². The van der Waals surface area contributed by atoms with Crippen LogP contribution in [0.5, 0.6) is 0 Å². The normalized spacial score (nSPS) is 28.1. The summed E-state index contributed by atoms with van der Waals surface area (Å²) in [5.41, 5.74) is 7.36. The molecule has 2 unspecified atom stereocenters. The molecule has 1 aromatic rings. The van der Waals surface area contributed by atoms with Gasteiger partial charge in [0.2, 0.25) is 0 Å². The first kappa shape index (κ1) is 9.62. The van der Waals surface area contributed by atoms with Gasteiger partial charge in [0.05, 0.1) is 6.04 Å². The summed E-state index contributed by atoms with van der Waals surface area (Å²) in [4.78, 5) is 6.57. The molecule has 14 heavy (non-hydrogen) atoms. The van der Waals surface area contributed by atoms with E-state index in [0.29, 0.717) is 6.04 Å². The zero-order valence-corrected chi connectivity index (χ0v) is 8.56. The number of rotatable bonds is 2. The van der Waals surface area contributed by atoms with Crippen molar-refractivity contribution in [2.75, 3.05) is 13.1 Å². The van der Waals surface area contributed by atoms with Crippen LogP contribution in [0.15, 0.2) is 24.5 Å². The fourth-order valence-electron chi connectivity index (χ4n) is 2.25. The Morgan fingerprint density at radius 1 is 1.64 bits per heavy atom. The van der Waals surface area contributed by atoms with E-state index in [1.54, 1.807) is 6.20 Å². The van der Waals surface area contributed by atoms with E-state index >= 15 is 0 Å². The van der Waals surface area contributed by atoms with Gasteiger partial charge >= 0.3 is 0 Å². The van der Waals surface area contributed by atoms with Crippen molar-refractivity contribution in [3.8, 4) is 0 Å². The van der Waals surface area contributed by atoms with Crippen LogP contribution >= 0.6 is 0 Å². The monoisotopic (exact) mass is 191 g/mol. The van der Waals surface area contributed by atoms with Gasteiger partial charge < -0.3 is 5.73 Å². The van der Waals surface area contributed by atoms with E-state index < -0.39 is 0 Å². The maximum atomic E-state index is 6.11. The molecule has 2 heterocycles. The summed E-state index contributed by atoms with van der Waals surface area (Å²) in [6, 6.07) is 4.73. The number of nitrogens with two attached hydrogens (primary N) is 1. The Kier molecular flexibility index (Phi) is 2.79. The Balaban J connectivity index is 2.23. The number of hydrogen-bond acceptors (Lipinski definition) is 3. The van der Waals surface area contributed by atoms with Crippen molar-refractivity contribution < 1.29 is 0 Å². The maximum absolute atomic E-state index is 6.11. The highest BCUT2D eigenvalue weighted by atomic mass is 15.2. The van der Waals surface area contributed by atoms with Gasteiger partial charge in [0, 0.05) is 25.0 Å². The molecule has 1 fully saturated rings. The maximum Gasteiger partial charge on any atom is 0.0514 e. The lowest BCUT2D eigenvalue weighted by Crippen LogP contribution is -2.31. The van der Waals surface area contributed by atoms with Crippen molar-refractivity contribution in [3.63, 3.8) is 0 Å². The molecule has 1 aliphatic rings. The topological polar surface area (TPSA) is 42.1 Å². The minimum Gasteiger partial charge on any atom is -0.326 e. The summed E-state index contributed by atoms with van der Waals surface area (Å²) in [6.07, 6.45) is 4.83. The van der Waals surface area contributed by atoms with Crippen molar-refractivity contribution in [2.24, 2.45) is 5.73 Å². The minimum atomic E-state index is 0.263. The lowest BCUT2D eigenvalue weighted by Gasteiger charge is -2.25. The van der Waals surface area contributed by atoms with Crippen LogP contribution in [0.25, 0.3) is 0 Å². The van der Waals surface area contributed by atoms with Crippen molar-refractivity contribution in [1.29, 1.82) is 0 Å². The number of pyridine rings is 1. The van der Waals surface area contributed by atoms with Gasteiger partial charge in [-0.2, -0.15) is 0 Å². The van der Waals surface area contributed by atoms with E-state index in [2.05, 4.69) is 22.9 Å². The van der Waals surface area contributed by atoms with Gasteiger partial charge in [-0.1, -0.05) is 13.0 Å². The van der Waals surface area contributed by atoms with E-state index in [0.717, 1.165) is 19.5 Å². The highest BCUT2D eigenvalue weighted by Crippen LogP contribution is 2.29. The molecule has 3 heteroatoms. The van der Waals surface area contributed by atoms with Gasteiger partial charge in [0.1, 0.15) is 0 Å². The molecular formula is C11H17N3. The molecule has 76 valence electrons. The van der Waals surface area contributed by atoms with Gasteiger partial charge in [-0.3, -0.25) is 9.88 Å². The average molecular weight is 191 g/mol. The molecule has 0 aliphatic carbocycles. The predicted molar refractivity (Wildman–Crippen MR) is 56.8 cm³/mol. The first-order chi connectivity index (χ1) is 6.83. The molecule has 2 rings (SSSR count). The molecule has 2 atom stereocenters. The second-order valence-corrected chi connectivity index (χ2v) is 3.81. The third-order valence-electron chi connectivity index (χ3n) is 2.98. The number of likely N-dealkylation sites (N-methyl/N-ethyl adjacent to an activating group) is 1. The Hall–Kier alpha value is -0.930. The summed E-state index contributed by atoms with van der Waals surface area (Å²) in [7, 11) is 0. The lowest BCUT2D eigenvalue weighted by atomic mass is 10.0. The van der Waals surface area contributed by atoms with E-state index in [1.807, 2.05) is 12.3 Å². The first-order valence-electron chi connectivity index (χ1n) is 5.22. The van der Waals surface area contributed by atoms with Gasteiger partial charge in [-0.15, -0.1) is 0 Å². The van der Waals surface area contributed by atoms with Crippen LogP contribution in [-0.4, -0.2) is 29.0 Å². The van der Waals surface area contributed by atoms with Gasteiger partial charge in [0.15, 0.2) is 0 Å². The third-order valence-corrected chi connectivity index (χ3v) is 2.98. The first-order valence-corrected chi connectivity index (χ1v) is 5.22. The number of nitrogens with zero attached hydrogens (tertiary/aromatic N) is 2. The molecular weight excluding hydrogens is 174 g/mol. The zero-order valence-electron chi connectivity index (χ0n) is 8.56. The standard InChI is InChI=1S/C11H17N3/c1-2-14-7-5-10(12)11(14)9-4-3-6-13-8-9/h3-4,6,8,10-11H,2,5,7,12H2,1H3. The summed E-state index contributed by atoms with van der Waals surface area (Å²) >= 11 is 0. The highest BCUT2D eigenvalue weighted by molar-refractivity contribution is 5.18. The molecule has 2 N–H and O–H groups in total. The third kappa shape index (κ3) is 1.65. The molecule has 0 aromatic carbocycles. The molecule has 3 nitrogen and oxygen atoms in total. The zero-order chi connectivity index (χ0) is 9.97. The Morgan fingerprint density at radius 2 is 2.50 bits per heavy atom. The molecule has 1 aromatic heterocycles. The Bertz CT molecular complexity index is 286. The van der Waals surface area contributed by atoms with Crippen LogP contribution in [0.1, 0.15) is 24.9 Å². The number of hydrogen-bond donors (Lipinski definition) is 1. The van der Waals surface area contributed by atoms with Gasteiger partial charge in [-0.05, 0) is 24.6 Å². The van der Waals surface area contributed by atoms with Crippen molar-refractivity contribution in [3.05, 3.63) is 30.1 Å². The Morgan fingerprint density at radius 3 is 3.14 bits per heavy atom. The van der Waals surface area contributed by atoms with Crippen LogP contribution in [0.4, 0.5) is 0 Å². The average Bonchev–Trinajstić information content (AvgIpc) is 2.61. The molecule has 0 radical (unpaired) electrons. The molecule has 0 spiro atoms. The fraction of sp³-hybridized carbons (Fsp3) is 0.545. The van der Waals surface area contributed by atoms with Crippen LogP contribution in [0.3, 0.4) is 0 Å². The van der Waals surface area contributed by atoms with Crippen LogP contribution in [0.2, 0.25) is 0 Å². The number of aromatic nitrogens is 1. The highest BCUT2D eigenvalue weighted by Gasteiger charge is 2.31. The predicted octanol–water partition coefficient (Wildman–Crippen LogP) is 1.18. The van der Waals surface area contributed by atoms with E-state index in [-0.39, 0.29) is 6.04 Å². The summed E-state index contributed by atoms with van der Waals surface area (Å²) < 4.78 is 0. The molecule has 1 aliphatic heterocycles. The van der Waals surface area contributed by atoms with E-state index in [9.17, 15) is 0 Å². The second-order valence-electron chi connectivity index (χ2n) is 3.81. The smallest absolute Gasteiger partial charge is 0.0514 e. The van der Waals surface area contributed by atoms with Crippen molar-refractivity contribution in [2.45, 2.75) is 25.4 Å². The quantitative estimate of drug-likeness (QED) is 0.763. The molecule has 1 saturated heterocycles. The van der Waals surface area contributed by atoms with Gasteiger partial charge in [-0.25, -0.2) is 0 Å². The second kappa shape index (κ2) is 4.07.